The molecule has 0 N–H and O–H groups in total. The molecule has 0 aromatic carbocycles. The van der Waals surface area contributed by atoms with Crippen molar-refractivity contribution in [1.82, 2.24) is 4.90 Å². The van der Waals surface area contributed by atoms with Gasteiger partial charge in [-0.25, -0.2) is 0 Å². The third-order valence-corrected chi connectivity index (χ3v) is 3.89. The summed E-state index contributed by atoms with van der Waals surface area (Å²) in [6.45, 7) is 18.0. The Labute approximate surface area is 142 Å². The third kappa shape index (κ3) is 7.38. The predicted molar refractivity (Wildman–Crippen MR) is 94.2 cm³/mol. The molecule has 0 aromatic heterocycles. The number of nitrogens with zero attached hydrogens (tertiary/aromatic N) is 1. The Bertz CT molecular complexity index is 409. The van der Waals surface area contributed by atoms with Crippen LogP contribution in [0.2, 0.25) is 0 Å². The molecule has 0 aromatic rings. The van der Waals surface area contributed by atoms with Crippen LogP contribution in [-0.4, -0.2) is 42.8 Å². The van der Waals surface area contributed by atoms with Crippen LogP contribution in [0.25, 0.3) is 0 Å². The predicted octanol–water partition coefficient (Wildman–Crippen LogP) is 4.01. The maximum absolute atomic E-state index is 12.2. The van der Waals surface area contributed by atoms with Gasteiger partial charge in [0.2, 0.25) is 0 Å². The quantitative estimate of drug-likeness (QED) is 0.716. The number of carbonyl (C=O) groups excluding carboxylic acids is 1. The van der Waals surface area contributed by atoms with Crippen LogP contribution < -0.4 is 0 Å². The van der Waals surface area contributed by atoms with Gasteiger partial charge in [0.05, 0.1) is 19.6 Å². The fourth-order valence-corrected chi connectivity index (χ4v) is 2.78. The van der Waals surface area contributed by atoms with E-state index in [1.54, 1.807) is 0 Å². The van der Waals surface area contributed by atoms with E-state index in [1.165, 1.54) is 5.70 Å². The van der Waals surface area contributed by atoms with Crippen LogP contribution in [0.3, 0.4) is 0 Å². The molecular weight excluding hydrogens is 290 g/mol. The number of morpholine rings is 1. The summed E-state index contributed by atoms with van der Waals surface area (Å²) in [7, 11) is 0. The molecule has 4 heteroatoms. The number of hydrogen-bond acceptors (Lipinski definition) is 4. The van der Waals surface area contributed by atoms with Crippen molar-refractivity contribution >= 4 is 5.97 Å². The third-order valence-electron chi connectivity index (χ3n) is 3.89. The normalized spacial score (nSPS) is 18.7. The number of rotatable bonds is 5. The Kier molecular flexibility index (Phi) is 7.12. The van der Waals surface area contributed by atoms with Crippen molar-refractivity contribution in [1.29, 1.82) is 0 Å². The maximum Gasteiger partial charge on any atom is 0.306 e. The van der Waals surface area contributed by atoms with Crippen molar-refractivity contribution in [2.24, 2.45) is 11.3 Å². The minimum atomic E-state index is -0.420. The van der Waals surface area contributed by atoms with Crippen LogP contribution in [0.15, 0.2) is 11.8 Å². The van der Waals surface area contributed by atoms with E-state index in [2.05, 4.69) is 38.7 Å². The number of allylic oxidation sites excluding steroid dienone is 2. The number of carbonyl (C=O) groups is 1. The molecule has 23 heavy (non-hydrogen) atoms. The summed E-state index contributed by atoms with van der Waals surface area (Å²) in [5.41, 5.74) is 0.950. The van der Waals surface area contributed by atoms with E-state index in [4.69, 9.17) is 9.47 Å². The zero-order valence-electron chi connectivity index (χ0n) is 16.1. The van der Waals surface area contributed by atoms with Gasteiger partial charge in [0.1, 0.15) is 5.60 Å². The van der Waals surface area contributed by atoms with Crippen molar-refractivity contribution in [2.45, 2.75) is 66.9 Å². The molecule has 1 rings (SSSR count). The molecule has 1 fully saturated rings. The van der Waals surface area contributed by atoms with E-state index in [1.807, 2.05) is 20.8 Å². The van der Waals surface area contributed by atoms with E-state index in [9.17, 15) is 4.79 Å². The summed E-state index contributed by atoms with van der Waals surface area (Å²) >= 11 is 0. The minimum Gasteiger partial charge on any atom is -0.460 e. The summed E-state index contributed by atoms with van der Waals surface area (Å²) in [5.74, 6) is 0.0951. The first-order chi connectivity index (χ1) is 10.5. The van der Waals surface area contributed by atoms with E-state index >= 15 is 0 Å². The van der Waals surface area contributed by atoms with Gasteiger partial charge >= 0.3 is 5.97 Å². The second kappa shape index (κ2) is 8.18. The molecule has 0 bridgehead atoms. The molecule has 1 aliphatic heterocycles. The smallest absolute Gasteiger partial charge is 0.306 e. The van der Waals surface area contributed by atoms with E-state index < -0.39 is 5.60 Å². The van der Waals surface area contributed by atoms with Gasteiger partial charge in [0.25, 0.3) is 0 Å². The fraction of sp³-hybridized carbons (Fsp3) is 0.842. The lowest BCUT2D eigenvalue weighted by atomic mass is 9.87. The van der Waals surface area contributed by atoms with Gasteiger partial charge in [-0.05, 0) is 33.1 Å². The molecular formula is C19H35NO3. The molecule has 0 saturated carbocycles. The standard InChI is InChI=1S/C19H35NO3/c1-8-15(14-17(21)23-19(5,6)7)13-16(18(2,3)4)20-9-11-22-12-10-20/h13,15H,8-12,14H2,1-7H3/b16-13+/t15-/m1/s1. The van der Waals surface area contributed by atoms with Gasteiger partial charge in [-0.15, -0.1) is 0 Å². The lowest BCUT2D eigenvalue weighted by molar-refractivity contribution is -0.155. The highest BCUT2D eigenvalue weighted by Crippen LogP contribution is 2.31. The van der Waals surface area contributed by atoms with Crippen LogP contribution in [0.5, 0.6) is 0 Å². The monoisotopic (exact) mass is 325 g/mol. The summed E-state index contributed by atoms with van der Waals surface area (Å²) in [6.07, 6.45) is 3.66. The van der Waals surface area contributed by atoms with Gasteiger partial charge in [0, 0.05) is 24.2 Å². The van der Waals surface area contributed by atoms with Crippen molar-refractivity contribution < 1.29 is 14.3 Å². The van der Waals surface area contributed by atoms with Crippen molar-refractivity contribution in [3.8, 4) is 0 Å². The zero-order valence-corrected chi connectivity index (χ0v) is 16.1. The van der Waals surface area contributed by atoms with Crippen molar-refractivity contribution in [3.63, 3.8) is 0 Å². The lowest BCUT2D eigenvalue weighted by Crippen LogP contribution is -2.39. The second-order valence-electron chi connectivity index (χ2n) is 8.36. The molecule has 1 heterocycles. The Morgan fingerprint density at radius 2 is 1.74 bits per heavy atom. The van der Waals surface area contributed by atoms with Gasteiger partial charge < -0.3 is 14.4 Å². The summed E-state index contributed by atoms with van der Waals surface area (Å²) < 4.78 is 11.0. The molecule has 1 aliphatic rings. The molecule has 0 amide bonds. The fourth-order valence-electron chi connectivity index (χ4n) is 2.78. The topological polar surface area (TPSA) is 38.8 Å². The van der Waals surface area contributed by atoms with E-state index in [0.29, 0.717) is 6.42 Å². The highest BCUT2D eigenvalue weighted by Gasteiger charge is 2.26. The summed E-state index contributed by atoms with van der Waals surface area (Å²) in [4.78, 5) is 14.6. The average molecular weight is 325 g/mol. The minimum absolute atomic E-state index is 0.0543. The van der Waals surface area contributed by atoms with Crippen LogP contribution >= 0.6 is 0 Å². The van der Waals surface area contributed by atoms with Crippen LogP contribution in [-0.2, 0) is 14.3 Å². The van der Waals surface area contributed by atoms with Gasteiger partial charge in [-0.3, -0.25) is 4.79 Å². The highest BCUT2D eigenvalue weighted by atomic mass is 16.6. The molecule has 1 saturated heterocycles. The Morgan fingerprint density at radius 1 is 1.17 bits per heavy atom. The van der Waals surface area contributed by atoms with Gasteiger partial charge in [-0.1, -0.05) is 33.8 Å². The summed E-state index contributed by atoms with van der Waals surface area (Å²) in [5, 5.41) is 0. The largest absolute Gasteiger partial charge is 0.460 e. The second-order valence-corrected chi connectivity index (χ2v) is 8.36. The first kappa shape index (κ1) is 20.0. The van der Waals surface area contributed by atoms with E-state index in [-0.39, 0.29) is 17.3 Å². The first-order valence-electron chi connectivity index (χ1n) is 8.79. The lowest BCUT2D eigenvalue weighted by Gasteiger charge is -2.38. The van der Waals surface area contributed by atoms with Gasteiger partial charge in [0.15, 0.2) is 0 Å². The zero-order chi connectivity index (χ0) is 17.7. The number of hydrogen-bond donors (Lipinski definition) is 0. The highest BCUT2D eigenvalue weighted by molar-refractivity contribution is 5.70. The molecule has 1 atom stereocenters. The molecule has 0 radical (unpaired) electrons. The van der Waals surface area contributed by atoms with Crippen LogP contribution in [0.1, 0.15) is 61.3 Å². The van der Waals surface area contributed by atoms with E-state index in [0.717, 1.165) is 32.7 Å². The molecule has 0 aliphatic carbocycles. The average Bonchev–Trinajstić information content (AvgIpc) is 2.40. The Morgan fingerprint density at radius 3 is 2.17 bits per heavy atom. The molecule has 0 spiro atoms. The Balaban J connectivity index is 2.86. The van der Waals surface area contributed by atoms with Crippen molar-refractivity contribution in [3.05, 3.63) is 11.8 Å². The summed E-state index contributed by atoms with van der Waals surface area (Å²) in [6, 6.07) is 0. The molecule has 4 nitrogen and oxygen atoms in total. The number of esters is 1. The Hall–Kier alpha value is -1.03. The molecule has 134 valence electrons. The number of ether oxygens (including phenoxy) is 2. The van der Waals surface area contributed by atoms with Crippen molar-refractivity contribution in [2.75, 3.05) is 26.3 Å². The van der Waals surface area contributed by atoms with Crippen LogP contribution in [0, 0.1) is 11.3 Å². The molecule has 0 unspecified atom stereocenters. The maximum atomic E-state index is 12.2. The van der Waals surface area contributed by atoms with Crippen LogP contribution in [0.4, 0.5) is 0 Å². The SMILES string of the molecule is CC[C@H](/C=C(/N1CCOCC1)C(C)(C)C)CC(=O)OC(C)(C)C. The van der Waals surface area contributed by atoms with Gasteiger partial charge in [-0.2, -0.15) is 0 Å². The first-order valence-corrected chi connectivity index (χ1v) is 8.79.